The molecule has 0 bridgehead atoms. The maximum atomic E-state index is 12.6. The van der Waals surface area contributed by atoms with Crippen molar-refractivity contribution in [2.24, 2.45) is 0 Å². The third-order valence-electron chi connectivity index (χ3n) is 3.32. The Morgan fingerprint density at radius 2 is 2.14 bits per heavy atom. The van der Waals surface area contributed by atoms with Crippen LogP contribution in [0.5, 0.6) is 0 Å². The van der Waals surface area contributed by atoms with Crippen LogP contribution < -0.4 is 0 Å². The molecule has 112 valence electrons. The Morgan fingerprint density at radius 3 is 2.71 bits per heavy atom. The lowest BCUT2D eigenvalue weighted by Crippen LogP contribution is -2.42. The van der Waals surface area contributed by atoms with Gasteiger partial charge in [-0.1, -0.05) is 11.6 Å². The Labute approximate surface area is 126 Å². The first-order chi connectivity index (χ1) is 9.87. The lowest BCUT2D eigenvalue weighted by atomic mass is 10.1. The molecule has 0 N–H and O–H groups in total. The van der Waals surface area contributed by atoms with Crippen molar-refractivity contribution < 1.29 is 13.3 Å². The molecule has 21 heavy (non-hydrogen) atoms. The molecule has 1 aliphatic rings. The van der Waals surface area contributed by atoms with Crippen molar-refractivity contribution >= 4 is 27.3 Å². The number of nitro groups is 1. The first-order valence-corrected chi connectivity index (χ1v) is 8.05. The minimum absolute atomic E-state index is 0.211. The summed E-state index contributed by atoms with van der Waals surface area (Å²) in [5.74, 6) is 0. The number of nitrogens with zero attached hydrogens (tertiary/aromatic N) is 3. The van der Waals surface area contributed by atoms with E-state index in [1.54, 1.807) is 0 Å². The van der Waals surface area contributed by atoms with Gasteiger partial charge in [-0.05, 0) is 25.3 Å². The second-order valence-electron chi connectivity index (χ2n) is 4.63. The smallest absolute Gasteiger partial charge is 0.258 e. The number of non-ortho nitro benzene ring substituents is 1. The molecule has 1 unspecified atom stereocenters. The summed E-state index contributed by atoms with van der Waals surface area (Å²) in [7, 11) is -3.94. The number of hydrogen-bond acceptors (Lipinski definition) is 5. The molecule has 7 nitrogen and oxygen atoms in total. The monoisotopic (exact) mass is 329 g/mol. The Balaban J connectivity index is 2.44. The van der Waals surface area contributed by atoms with E-state index in [0.717, 1.165) is 28.9 Å². The Hall–Kier alpha value is -1.69. The molecule has 1 saturated heterocycles. The number of piperidine rings is 1. The largest absolute Gasteiger partial charge is 0.271 e. The van der Waals surface area contributed by atoms with E-state index < -0.39 is 21.0 Å². The van der Waals surface area contributed by atoms with Crippen molar-refractivity contribution in [3.8, 4) is 6.07 Å². The van der Waals surface area contributed by atoms with Gasteiger partial charge < -0.3 is 0 Å². The van der Waals surface area contributed by atoms with Crippen molar-refractivity contribution in [3.05, 3.63) is 33.3 Å². The highest BCUT2D eigenvalue weighted by Crippen LogP contribution is 2.31. The van der Waals surface area contributed by atoms with Crippen molar-refractivity contribution in [3.63, 3.8) is 0 Å². The zero-order valence-electron chi connectivity index (χ0n) is 10.9. The third kappa shape index (κ3) is 3.00. The molecular formula is C12H12ClN3O4S. The van der Waals surface area contributed by atoms with Gasteiger partial charge in [0.25, 0.3) is 5.69 Å². The Kier molecular flexibility index (Phi) is 4.46. The minimum atomic E-state index is -3.94. The molecule has 0 aromatic heterocycles. The van der Waals surface area contributed by atoms with Gasteiger partial charge in [0, 0.05) is 18.7 Å². The molecule has 9 heteroatoms. The maximum absolute atomic E-state index is 12.6. The molecule has 1 atom stereocenters. The van der Waals surface area contributed by atoms with Crippen LogP contribution in [0.15, 0.2) is 23.1 Å². The molecule has 0 saturated carbocycles. The van der Waals surface area contributed by atoms with Crippen molar-refractivity contribution in [2.75, 3.05) is 6.54 Å². The predicted molar refractivity (Wildman–Crippen MR) is 75.3 cm³/mol. The molecule has 1 aromatic rings. The van der Waals surface area contributed by atoms with Crippen LogP contribution in [0, 0.1) is 21.4 Å². The average molecular weight is 330 g/mol. The molecule has 1 heterocycles. The third-order valence-corrected chi connectivity index (χ3v) is 5.71. The highest BCUT2D eigenvalue weighted by Gasteiger charge is 2.35. The lowest BCUT2D eigenvalue weighted by molar-refractivity contribution is -0.384. The number of sulfonamides is 1. The van der Waals surface area contributed by atoms with Crippen LogP contribution in [0.4, 0.5) is 5.69 Å². The fraction of sp³-hybridized carbons (Fsp3) is 0.417. The number of rotatable bonds is 3. The van der Waals surface area contributed by atoms with Gasteiger partial charge in [-0.15, -0.1) is 0 Å². The van der Waals surface area contributed by atoms with Crippen LogP contribution >= 0.6 is 11.6 Å². The van der Waals surface area contributed by atoms with Crippen molar-refractivity contribution in [1.82, 2.24) is 4.31 Å². The Morgan fingerprint density at radius 1 is 1.43 bits per heavy atom. The molecule has 0 spiro atoms. The molecule has 0 aliphatic carbocycles. The van der Waals surface area contributed by atoms with Crippen molar-refractivity contribution in [2.45, 2.75) is 30.2 Å². The highest BCUT2D eigenvalue weighted by atomic mass is 35.5. The summed E-state index contributed by atoms with van der Waals surface area (Å²) in [5, 5.41) is 19.5. The molecule has 1 fully saturated rings. The standard InChI is InChI=1S/C12H12ClN3O4S/c13-11-7-9(16(17)18)4-5-12(11)21(19,20)15-6-2-1-3-10(15)8-14/h4-5,7,10H,1-3,6H2. The summed E-state index contributed by atoms with van der Waals surface area (Å²) in [5.41, 5.74) is -0.283. The second kappa shape index (κ2) is 5.97. The van der Waals surface area contributed by atoms with Crippen LogP contribution in [0.25, 0.3) is 0 Å². The zero-order chi connectivity index (χ0) is 15.6. The predicted octanol–water partition coefficient (Wildman–Crippen LogP) is 2.31. The van der Waals surface area contributed by atoms with Crippen LogP contribution in [-0.2, 0) is 10.0 Å². The van der Waals surface area contributed by atoms with Crippen LogP contribution in [0.3, 0.4) is 0 Å². The highest BCUT2D eigenvalue weighted by molar-refractivity contribution is 7.89. The SMILES string of the molecule is N#CC1CCCCN1S(=O)(=O)c1ccc([N+](=O)[O-])cc1Cl. The molecule has 0 amide bonds. The van der Waals surface area contributed by atoms with E-state index in [0.29, 0.717) is 12.8 Å². The minimum Gasteiger partial charge on any atom is -0.258 e. The topological polar surface area (TPSA) is 104 Å². The van der Waals surface area contributed by atoms with Gasteiger partial charge in [0.15, 0.2) is 0 Å². The summed E-state index contributed by atoms with van der Waals surface area (Å²) >= 11 is 5.87. The van der Waals surface area contributed by atoms with Gasteiger partial charge in [-0.3, -0.25) is 10.1 Å². The summed E-state index contributed by atoms with van der Waals surface area (Å²) in [6.45, 7) is 0.244. The average Bonchev–Trinajstić information content (AvgIpc) is 2.46. The van der Waals surface area contributed by atoms with Gasteiger partial charge in [0.2, 0.25) is 10.0 Å². The Bertz CT molecular complexity index is 714. The summed E-state index contributed by atoms with van der Waals surface area (Å²) in [4.78, 5) is 9.80. The number of halogens is 1. The molecule has 2 rings (SSSR count). The van der Waals surface area contributed by atoms with E-state index in [1.807, 2.05) is 6.07 Å². The normalized spacial score (nSPS) is 19.9. The fourth-order valence-electron chi connectivity index (χ4n) is 2.26. The van der Waals surface area contributed by atoms with Crippen molar-refractivity contribution in [1.29, 1.82) is 5.26 Å². The fourth-order valence-corrected chi connectivity index (χ4v) is 4.38. The number of hydrogen-bond donors (Lipinski definition) is 0. The second-order valence-corrected chi connectivity index (χ2v) is 6.89. The van der Waals surface area contributed by atoms with Gasteiger partial charge in [-0.2, -0.15) is 9.57 Å². The van der Waals surface area contributed by atoms with Gasteiger partial charge in [0.1, 0.15) is 10.9 Å². The van der Waals surface area contributed by atoms with Crippen LogP contribution in [0.2, 0.25) is 5.02 Å². The van der Waals surface area contributed by atoms with E-state index in [1.165, 1.54) is 0 Å². The number of benzene rings is 1. The van der Waals surface area contributed by atoms with E-state index in [4.69, 9.17) is 16.9 Å². The number of nitro benzene ring substituents is 1. The summed E-state index contributed by atoms with van der Waals surface area (Å²) < 4.78 is 26.3. The zero-order valence-corrected chi connectivity index (χ0v) is 12.5. The van der Waals surface area contributed by atoms with E-state index in [-0.39, 0.29) is 22.2 Å². The van der Waals surface area contributed by atoms with Gasteiger partial charge in [0.05, 0.1) is 16.0 Å². The first kappa shape index (κ1) is 15.7. The van der Waals surface area contributed by atoms with Crippen LogP contribution in [-0.4, -0.2) is 30.2 Å². The first-order valence-electron chi connectivity index (χ1n) is 6.23. The molecular weight excluding hydrogens is 318 g/mol. The summed E-state index contributed by atoms with van der Waals surface area (Å²) in [6.07, 6.45) is 1.93. The van der Waals surface area contributed by atoms with E-state index in [9.17, 15) is 18.5 Å². The molecule has 0 radical (unpaired) electrons. The molecule has 1 aromatic carbocycles. The van der Waals surface area contributed by atoms with E-state index >= 15 is 0 Å². The van der Waals surface area contributed by atoms with E-state index in [2.05, 4.69) is 0 Å². The lowest BCUT2D eigenvalue weighted by Gasteiger charge is -2.30. The van der Waals surface area contributed by atoms with Gasteiger partial charge >= 0.3 is 0 Å². The molecule has 1 aliphatic heterocycles. The maximum Gasteiger partial charge on any atom is 0.271 e. The quantitative estimate of drug-likeness (QED) is 0.625. The van der Waals surface area contributed by atoms with Crippen LogP contribution in [0.1, 0.15) is 19.3 Å². The van der Waals surface area contributed by atoms with Gasteiger partial charge in [-0.25, -0.2) is 8.42 Å². The summed E-state index contributed by atoms with van der Waals surface area (Å²) in [6, 6.07) is 4.44. The number of nitriles is 1.